The van der Waals surface area contributed by atoms with E-state index in [4.69, 9.17) is 11.6 Å². The Balaban J connectivity index is 1.93. The first-order chi connectivity index (χ1) is 14.9. The van der Waals surface area contributed by atoms with Crippen LogP contribution in [0.25, 0.3) is 6.08 Å². The van der Waals surface area contributed by atoms with Crippen molar-refractivity contribution >= 4 is 46.3 Å². The molecule has 0 saturated carbocycles. The standard InChI is InChI=1S/C23H17ClN4O3/c1-27(18-7-3-2-4-8-18)21-12-11-16(14-22(21)28(30)31)13-17(15-25)23(29)26-20-10-6-5-9-19(20)24/h2-14H,1H3,(H,26,29). The van der Waals surface area contributed by atoms with Crippen molar-refractivity contribution in [3.05, 3.63) is 99.1 Å². The summed E-state index contributed by atoms with van der Waals surface area (Å²) in [7, 11) is 1.73. The topological polar surface area (TPSA) is 99.3 Å². The van der Waals surface area contributed by atoms with Gasteiger partial charge in [-0.15, -0.1) is 0 Å². The number of hydrogen-bond acceptors (Lipinski definition) is 5. The van der Waals surface area contributed by atoms with Crippen molar-refractivity contribution in [3.8, 4) is 6.07 Å². The quantitative estimate of drug-likeness (QED) is 0.238. The molecule has 0 aliphatic carbocycles. The average Bonchev–Trinajstić information content (AvgIpc) is 2.78. The Kier molecular flexibility index (Phi) is 6.65. The Bertz CT molecular complexity index is 1200. The second kappa shape index (κ2) is 9.57. The predicted molar refractivity (Wildman–Crippen MR) is 121 cm³/mol. The molecular weight excluding hydrogens is 416 g/mol. The van der Waals surface area contributed by atoms with Gasteiger partial charge in [-0.25, -0.2) is 0 Å². The number of nitro benzene ring substituents is 1. The highest BCUT2D eigenvalue weighted by Crippen LogP contribution is 2.33. The maximum Gasteiger partial charge on any atom is 0.293 e. The van der Waals surface area contributed by atoms with Crippen LogP contribution in [0, 0.1) is 21.4 Å². The molecular formula is C23H17ClN4O3. The fourth-order valence-electron chi connectivity index (χ4n) is 2.92. The normalized spacial score (nSPS) is 10.8. The molecule has 3 aromatic carbocycles. The van der Waals surface area contributed by atoms with Crippen LogP contribution >= 0.6 is 11.6 Å². The summed E-state index contributed by atoms with van der Waals surface area (Å²) >= 11 is 6.03. The summed E-state index contributed by atoms with van der Waals surface area (Å²) in [4.78, 5) is 25.4. The molecule has 31 heavy (non-hydrogen) atoms. The molecule has 1 N–H and O–H groups in total. The van der Waals surface area contributed by atoms with Crippen LogP contribution in [0.2, 0.25) is 5.02 Å². The third-order valence-corrected chi connectivity index (χ3v) is 4.83. The number of halogens is 1. The van der Waals surface area contributed by atoms with Gasteiger partial charge in [-0.05, 0) is 42.0 Å². The van der Waals surface area contributed by atoms with Crippen molar-refractivity contribution in [3.63, 3.8) is 0 Å². The molecule has 154 valence electrons. The number of nitriles is 1. The van der Waals surface area contributed by atoms with E-state index in [0.717, 1.165) is 5.69 Å². The molecule has 8 heteroatoms. The van der Waals surface area contributed by atoms with Crippen molar-refractivity contribution in [2.24, 2.45) is 0 Å². The predicted octanol–water partition coefficient (Wildman–Crippen LogP) is 5.56. The fourth-order valence-corrected chi connectivity index (χ4v) is 3.10. The minimum absolute atomic E-state index is 0.149. The molecule has 0 atom stereocenters. The van der Waals surface area contributed by atoms with Gasteiger partial charge in [-0.3, -0.25) is 14.9 Å². The number of benzene rings is 3. The van der Waals surface area contributed by atoms with Gasteiger partial charge in [0.15, 0.2) is 0 Å². The third-order valence-electron chi connectivity index (χ3n) is 4.50. The zero-order valence-electron chi connectivity index (χ0n) is 16.4. The molecule has 0 saturated heterocycles. The SMILES string of the molecule is CN(c1ccccc1)c1ccc(C=C(C#N)C(=O)Nc2ccccc2Cl)cc1[N+](=O)[O-]. The molecule has 0 unspecified atom stereocenters. The summed E-state index contributed by atoms with van der Waals surface area (Å²) in [5, 5.41) is 24.0. The largest absolute Gasteiger partial charge is 0.339 e. The highest BCUT2D eigenvalue weighted by Gasteiger charge is 2.19. The zero-order valence-corrected chi connectivity index (χ0v) is 17.2. The number of rotatable bonds is 6. The Morgan fingerprint density at radius 1 is 1.13 bits per heavy atom. The van der Waals surface area contributed by atoms with Gasteiger partial charge >= 0.3 is 0 Å². The van der Waals surface area contributed by atoms with E-state index in [2.05, 4.69) is 5.32 Å². The Morgan fingerprint density at radius 2 is 1.81 bits per heavy atom. The highest BCUT2D eigenvalue weighted by atomic mass is 35.5. The van der Waals surface area contributed by atoms with E-state index in [9.17, 15) is 20.2 Å². The summed E-state index contributed by atoms with van der Waals surface area (Å²) in [6.45, 7) is 0. The molecule has 0 radical (unpaired) electrons. The van der Waals surface area contributed by atoms with Crippen LogP contribution in [-0.4, -0.2) is 17.9 Å². The van der Waals surface area contributed by atoms with E-state index < -0.39 is 10.8 Å². The monoisotopic (exact) mass is 432 g/mol. The maximum atomic E-state index is 12.5. The lowest BCUT2D eigenvalue weighted by molar-refractivity contribution is -0.384. The molecule has 1 amide bonds. The van der Waals surface area contributed by atoms with E-state index >= 15 is 0 Å². The van der Waals surface area contributed by atoms with Gasteiger partial charge in [-0.2, -0.15) is 5.26 Å². The Hall–Kier alpha value is -4.15. The minimum Gasteiger partial charge on any atom is -0.339 e. The minimum atomic E-state index is -0.663. The molecule has 0 fully saturated rings. The van der Waals surface area contributed by atoms with Gasteiger partial charge in [0, 0.05) is 18.8 Å². The van der Waals surface area contributed by atoms with Gasteiger partial charge in [0.05, 0.1) is 15.6 Å². The molecule has 0 spiro atoms. The lowest BCUT2D eigenvalue weighted by Crippen LogP contribution is -2.14. The Labute approximate surface area is 184 Å². The van der Waals surface area contributed by atoms with Crippen LogP contribution < -0.4 is 10.2 Å². The number of para-hydroxylation sites is 2. The third kappa shape index (κ3) is 5.07. The van der Waals surface area contributed by atoms with Crippen LogP contribution in [0.4, 0.5) is 22.7 Å². The molecule has 7 nitrogen and oxygen atoms in total. The number of nitro groups is 1. The first kappa shape index (κ1) is 21.6. The first-order valence-electron chi connectivity index (χ1n) is 9.15. The van der Waals surface area contributed by atoms with Crippen molar-refractivity contribution in [2.75, 3.05) is 17.3 Å². The van der Waals surface area contributed by atoms with Gasteiger partial charge < -0.3 is 10.2 Å². The number of amides is 1. The lowest BCUT2D eigenvalue weighted by Gasteiger charge is -2.19. The van der Waals surface area contributed by atoms with Crippen molar-refractivity contribution in [2.45, 2.75) is 0 Å². The van der Waals surface area contributed by atoms with Gasteiger partial charge in [0.1, 0.15) is 17.3 Å². The van der Waals surface area contributed by atoms with Crippen LogP contribution in [0.5, 0.6) is 0 Å². The first-order valence-corrected chi connectivity index (χ1v) is 9.53. The zero-order chi connectivity index (χ0) is 22.4. The van der Waals surface area contributed by atoms with Gasteiger partial charge in [-0.1, -0.05) is 48.0 Å². The second-order valence-electron chi connectivity index (χ2n) is 6.50. The maximum absolute atomic E-state index is 12.5. The van der Waals surface area contributed by atoms with Crippen LogP contribution in [0.15, 0.2) is 78.4 Å². The molecule has 0 aliphatic heterocycles. The van der Waals surface area contributed by atoms with Crippen molar-refractivity contribution in [1.29, 1.82) is 5.26 Å². The summed E-state index contributed by atoms with van der Waals surface area (Å²) < 4.78 is 0. The fraction of sp³-hybridized carbons (Fsp3) is 0.0435. The number of anilines is 3. The van der Waals surface area contributed by atoms with E-state index in [1.807, 2.05) is 36.4 Å². The molecule has 0 aromatic heterocycles. The average molecular weight is 433 g/mol. The van der Waals surface area contributed by atoms with Gasteiger partial charge in [0.2, 0.25) is 0 Å². The smallest absolute Gasteiger partial charge is 0.293 e. The van der Waals surface area contributed by atoms with Crippen LogP contribution in [-0.2, 0) is 4.79 Å². The van der Waals surface area contributed by atoms with Crippen molar-refractivity contribution in [1.82, 2.24) is 0 Å². The molecule has 3 aromatic rings. The number of carbonyl (C=O) groups excluding carboxylic acids is 1. The Morgan fingerprint density at radius 3 is 2.45 bits per heavy atom. The van der Waals surface area contributed by atoms with E-state index in [1.165, 1.54) is 12.1 Å². The van der Waals surface area contributed by atoms with Gasteiger partial charge in [0.25, 0.3) is 11.6 Å². The lowest BCUT2D eigenvalue weighted by atomic mass is 10.1. The van der Waals surface area contributed by atoms with E-state index in [1.54, 1.807) is 48.3 Å². The number of carbonyl (C=O) groups is 1. The number of hydrogen-bond donors (Lipinski definition) is 1. The molecule has 0 heterocycles. The number of nitrogens with one attached hydrogen (secondary N) is 1. The summed E-state index contributed by atoms with van der Waals surface area (Å²) in [5.41, 5.74) is 1.52. The molecule has 0 aliphatic rings. The summed E-state index contributed by atoms with van der Waals surface area (Å²) in [5.74, 6) is -0.663. The van der Waals surface area contributed by atoms with Crippen LogP contribution in [0.3, 0.4) is 0 Å². The van der Waals surface area contributed by atoms with E-state index in [0.29, 0.717) is 22.0 Å². The number of nitrogens with zero attached hydrogens (tertiary/aromatic N) is 3. The summed E-state index contributed by atoms with van der Waals surface area (Å²) in [6, 6.07) is 22.2. The second-order valence-corrected chi connectivity index (χ2v) is 6.91. The van der Waals surface area contributed by atoms with E-state index in [-0.39, 0.29) is 11.3 Å². The molecule has 0 bridgehead atoms. The highest BCUT2D eigenvalue weighted by molar-refractivity contribution is 6.34. The molecule has 3 rings (SSSR count). The van der Waals surface area contributed by atoms with Crippen LogP contribution in [0.1, 0.15) is 5.56 Å². The van der Waals surface area contributed by atoms with Crippen molar-refractivity contribution < 1.29 is 9.72 Å². The summed E-state index contributed by atoms with van der Waals surface area (Å²) in [6.07, 6.45) is 1.30.